The summed E-state index contributed by atoms with van der Waals surface area (Å²) in [5, 5.41) is 0. The van der Waals surface area contributed by atoms with E-state index in [1.165, 1.54) is 105 Å². The van der Waals surface area contributed by atoms with Gasteiger partial charge in [0.2, 0.25) is 0 Å². The van der Waals surface area contributed by atoms with Crippen LogP contribution >= 0.6 is 0 Å². The summed E-state index contributed by atoms with van der Waals surface area (Å²) in [6, 6.07) is 53.1. The van der Waals surface area contributed by atoms with Gasteiger partial charge in [-0.3, -0.25) is 0 Å². The van der Waals surface area contributed by atoms with Crippen LogP contribution in [0.1, 0.15) is 403 Å². The third-order valence-electron chi connectivity index (χ3n) is 25.1. The highest BCUT2D eigenvalue weighted by atomic mass is 19.4. The van der Waals surface area contributed by atoms with Crippen LogP contribution in [-0.2, 0) is 57.0 Å². The fraction of sp³-hybridized carbons (Fsp3) is 0.484. The van der Waals surface area contributed by atoms with Crippen LogP contribution < -0.4 is 0 Å². The molecule has 13 rings (SSSR count). The Labute approximate surface area is 854 Å². The maximum atomic E-state index is 13.8. The Kier molecular flexibility index (Phi) is 29.4. The zero-order chi connectivity index (χ0) is 121. The van der Waals surface area contributed by atoms with Gasteiger partial charge in [0.25, 0.3) is 0 Å². The highest BCUT2D eigenvalue weighted by Crippen LogP contribution is 2.53. The lowest BCUT2D eigenvalue weighted by atomic mass is 9.68. The Morgan fingerprint density at radius 1 is 0.292 bits per heavy atom. The monoisotopic (exact) mass is 1900 g/mol. The Bertz CT molecular complexity index is 6530. The number of halogens is 9. The van der Waals surface area contributed by atoms with Crippen LogP contribution in [0.25, 0.3) is 44.5 Å². The van der Waals surface area contributed by atoms with Crippen molar-refractivity contribution in [2.45, 2.75) is 379 Å². The molecule has 1 atom stereocenters. The molecule has 2 aliphatic rings. The molecule has 2 saturated carbocycles. The maximum Gasteiger partial charge on any atom is 0.394 e. The van der Waals surface area contributed by atoms with Gasteiger partial charge in [0, 0.05) is 9.60 Å². The molecule has 0 nitrogen and oxygen atoms in total. The van der Waals surface area contributed by atoms with Crippen LogP contribution in [0.4, 0.5) is 39.5 Å². The summed E-state index contributed by atoms with van der Waals surface area (Å²) in [7, 11) is 0. The van der Waals surface area contributed by atoms with E-state index in [0.717, 1.165) is 77.0 Å². The molecule has 9 heteroatoms. The van der Waals surface area contributed by atoms with Crippen molar-refractivity contribution >= 4 is 0 Å². The Balaban J connectivity index is 0.000000251. The van der Waals surface area contributed by atoms with E-state index in [0.29, 0.717) is 27.8 Å². The molecule has 1 unspecified atom stereocenters. The van der Waals surface area contributed by atoms with Crippen molar-refractivity contribution < 1.29 is 68.3 Å². The lowest BCUT2D eigenvalue weighted by molar-refractivity contribution is -0.218. The standard InChI is InChI=1S/C23H24.C22H34.C21H30F6.2C16H18.C15H21F3.C15H24/c1-17-10-8-13-19(16-17)21-15-9-14-20(22(21)23(2,3)4)18-11-6-5-7-12-18;1-22(2,3)21-19(17-11-6-4-7-12-17)15-10-16-20(21)18-13-8-5-9-14-18;1-13(19(7,8)21(25,26)27)15-11-9-10-14(16(15)17(2,3)4)12-18(5,6)20(22,23)24;2*1-16(2,3)15-12-8-7-11-14(15)13-9-5-4-6-10-13;1-13(2,3)12-9-7-6-8-11(12)10-14(4,5)15(16,17)18;1-14(2,3)11-12-9-7-8-10-13(12)15(4,5)6/h5-16H,1-4H3;10,15-18H,4-9,11-14H2,1-3H3;9-11,13H,12H2,1-8H3;2*4-12H,1-3H3;6-9H,10H2,1-5H3;7-10H,11H2,1-6H3/i5D,6D,7D,8D,10D,11D,12D,13D,16D;;12D2,13D;4D,5D,6D,9D,10D;;10D2;11D2. The molecule has 0 N–H and O–H groups in total. The van der Waals surface area contributed by atoms with Crippen molar-refractivity contribution in [2.75, 3.05) is 0 Å². The van der Waals surface area contributed by atoms with Gasteiger partial charge in [0.1, 0.15) is 0 Å². The Hall–Kier alpha value is -9.21. The topological polar surface area (TPSA) is 0 Å². The minimum atomic E-state index is -4.91. The van der Waals surface area contributed by atoms with Crippen LogP contribution in [0, 0.1) is 28.6 Å². The van der Waals surface area contributed by atoms with E-state index in [4.69, 9.17) is 28.8 Å². The highest BCUT2D eigenvalue weighted by molar-refractivity contribution is 5.80. The molecule has 0 bridgehead atoms. The van der Waals surface area contributed by atoms with Gasteiger partial charge in [0.15, 0.2) is 0 Å². The second-order valence-electron chi connectivity index (χ2n) is 46.4. The fourth-order valence-corrected chi connectivity index (χ4v) is 17.5. The van der Waals surface area contributed by atoms with E-state index >= 15 is 0 Å². The van der Waals surface area contributed by atoms with Gasteiger partial charge in [0.05, 0.1) is 35.4 Å². The van der Waals surface area contributed by atoms with Gasteiger partial charge < -0.3 is 0 Å². The highest BCUT2D eigenvalue weighted by Gasteiger charge is 2.53. The van der Waals surface area contributed by atoms with Crippen LogP contribution in [0.5, 0.6) is 0 Å². The number of rotatable bonds is 13. The van der Waals surface area contributed by atoms with E-state index in [1.807, 2.05) is 132 Å². The third kappa shape index (κ3) is 33.0. The van der Waals surface area contributed by atoms with Crippen molar-refractivity contribution in [1.82, 2.24) is 0 Å². The molecule has 0 saturated heterocycles. The number of benzene rings is 11. The van der Waals surface area contributed by atoms with Crippen LogP contribution in [0.15, 0.2) is 267 Å². The molecular formula is C128H169F9. The minimum Gasteiger partial charge on any atom is -0.171 e. The first kappa shape index (κ1) is 85.7. The molecule has 2 aliphatic carbocycles. The van der Waals surface area contributed by atoms with Crippen LogP contribution in [-0.4, -0.2) is 18.5 Å². The van der Waals surface area contributed by atoms with Crippen molar-refractivity contribution in [3.8, 4) is 44.5 Å². The second-order valence-corrected chi connectivity index (χ2v) is 46.4. The third-order valence-corrected chi connectivity index (χ3v) is 25.1. The van der Waals surface area contributed by atoms with Gasteiger partial charge >= 0.3 is 18.5 Å². The molecule has 0 heterocycles. The van der Waals surface area contributed by atoms with Gasteiger partial charge in [-0.2, -0.15) is 39.5 Å². The van der Waals surface area contributed by atoms with Gasteiger partial charge in [-0.05, 0) is 230 Å². The largest absolute Gasteiger partial charge is 0.394 e. The summed E-state index contributed by atoms with van der Waals surface area (Å²) >= 11 is 0. The van der Waals surface area contributed by atoms with Crippen molar-refractivity contribution in [3.05, 3.63) is 344 Å². The smallest absolute Gasteiger partial charge is 0.171 e. The van der Waals surface area contributed by atoms with E-state index in [-0.39, 0.29) is 133 Å². The van der Waals surface area contributed by atoms with Crippen molar-refractivity contribution in [1.29, 1.82) is 0 Å². The lowest BCUT2D eigenvalue weighted by Gasteiger charge is -2.39. The molecule has 11 aromatic rings. The molecular weight excluding hydrogens is 1710 g/mol. The second kappa shape index (κ2) is 46.9. The van der Waals surface area contributed by atoms with Crippen molar-refractivity contribution in [2.24, 2.45) is 21.7 Å². The van der Waals surface area contributed by atoms with E-state index < -0.39 is 99.6 Å². The van der Waals surface area contributed by atoms with E-state index in [1.54, 1.807) is 80.8 Å². The predicted octanol–water partition coefficient (Wildman–Crippen LogP) is 40.5. The zero-order valence-corrected chi connectivity index (χ0v) is 87.9. The lowest BCUT2D eigenvalue weighted by Crippen LogP contribution is -2.38. The minimum absolute atomic E-state index is 0.0119. The normalized spacial score (nSPS) is 17.2. The number of alkyl halides is 9. The molecule has 0 amide bonds. The average Bonchev–Trinajstić information content (AvgIpc) is 0.711. The molecule has 11 aromatic carbocycles. The van der Waals surface area contributed by atoms with E-state index in [9.17, 15) is 39.5 Å². The number of hydrogen-bond donors (Lipinski definition) is 0. The molecule has 744 valence electrons. The molecule has 2 fully saturated rings. The number of hydrogen-bond acceptors (Lipinski definition) is 0. The predicted molar refractivity (Wildman–Crippen MR) is 573 cm³/mol. The molecule has 0 radical (unpaired) electrons. The van der Waals surface area contributed by atoms with Crippen molar-refractivity contribution in [3.63, 3.8) is 0 Å². The zero-order valence-electron chi connectivity index (χ0n) is 109. The molecule has 0 aromatic heterocycles. The summed E-state index contributed by atoms with van der Waals surface area (Å²) in [6.07, 6.45) is -6.80. The van der Waals surface area contributed by atoms with Crippen LogP contribution in [0.3, 0.4) is 0 Å². The van der Waals surface area contributed by atoms with Gasteiger partial charge in [-0.25, -0.2) is 0 Å². The summed E-state index contributed by atoms with van der Waals surface area (Å²) < 4.78 is 294. The summed E-state index contributed by atoms with van der Waals surface area (Å²) in [5.74, 6) is -0.638. The Morgan fingerprint density at radius 2 is 0.613 bits per heavy atom. The summed E-state index contributed by atoms with van der Waals surface area (Å²) in [4.78, 5) is 0. The SMILES string of the molecule is CC(C)(C)c1c(C2CCCCC2)cccc1C1CCCCC1.CC(C)(C)c1ccccc1-c1ccccc1.[2H]C([2H])(c1cccc(C([2H])(C)C(C)(C)C(F)(F)F)c1C(C)(C)C)C(C)(C)C(F)(F)F.[2H]C([2H])(c1ccccc1C(C)(C)C)C(C)(C)C.[2H]C([2H])(c1ccccc1C(C)(C)C)C(C)(C)C(F)(F)F.[2H]c1c([2H])c([2H])c(-c2cccc(-c3c([2H])c([2H])c([2H])c(C)c3[2H])c2C(C)(C)C)c([2H])c1[2H].[2H]c1c([2H])c([2H])c(-c2ccccc2C(C)(C)C)c([2H])c1[2H]. The van der Waals surface area contributed by atoms with Gasteiger partial charge in [-0.1, -0.05) is 525 Å². The quantitative estimate of drug-likeness (QED) is 0.101. The fourth-order valence-electron chi connectivity index (χ4n) is 17.5. The summed E-state index contributed by atoms with van der Waals surface area (Å²) in [6.45, 7) is 56.2. The average molecular weight is 1900 g/mol. The molecule has 0 spiro atoms. The molecule has 0 aliphatic heterocycles. The van der Waals surface area contributed by atoms with Crippen LogP contribution in [0.2, 0.25) is 0 Å². The Morgan fingerprint density at radius 3 is 1.00 bits per heavy atom. The first-order valence-corrected chi connectivity index (χ1v) is 48.4. The van der Waals surface area contributed by atoms with Gasteiger partial charge in [-0.15, -0.1) is 0 Å². The maximum absolute atomic E-state index is 13.8. The molecule has 137 heavy (non-hydrogen) atoms. The van der Waals surface area contributed by atoms with E-state index in [2.05, 4.69) is 135 Å². The summed E-state index contributed by atoms with van der Waals surface area (Å²) in [5.41, 5.74) is 5.22. The first-order chi connectivity index (χ1) is 71.6. The first-order valence-electron chi connectivity index (χ1n) is 58.9.